The molecule has 1 unspecified atom stereocenters. The van der Waals surface area contributed by atoms with Crippen LogP contribution in [-0.2, 0) is 22.7 Å². The summed E-state index contributed by atoms with van der Waals surface area (Å²) in [6.07, 6.45) is 1.47. The van der Waals surface area contributed by atoms with E-state index < -0.39 is 12.0 Å². The van der Waals surface area contributed by atoms with Crippen molar-refractivity contribution < 1.29 is 14.3 Å². The zero-order chi connectivity index (χ0) is 24.2. The first kappa shape index (κ1) is 22.9. The summed E-state index contributed by atoms with van der Waals surface area (Å²) < 4.78 is 14.3. The van der Waals surface area contributed by atoms with Crippen LogP contribution >= 0.6 is 15.9 Å². The van der Waals surface area contributed by atoms with Crippen molar-refractivity contribution in [2.45, 2.75) is 26.2 Å². The predicted molar refractivity (Wildman–Crippen MR) is 136 cm³/mol. The third-order valence-corrected chi connectivity index (χ3v) is 6.21. The number of allylic oxidation sites excluding steroid dienone is 1. The van der Waals surface area contributed by atoms with Gasteiger partial charge in [-0.15, -0.1) is 0 Å². The number of anilines is 1. The van der Waals surface area contributed by atoms with Crippen LogP contribution in [0.15, 0.2) is 101 Å². The van der Waals surface area contributed by atoms with Gasteiger partial charge in [0.15, 0.2) is 0 Å². The number of ether oxygens (including phenoxy) is 2. The van der Waals surface area contributed by atoms with Crippen molar-refractivity contribution >= 4 is 27.8 Å². The summed E-state index contributed by atoms with van der Waals surface area (Å²) in [6, 6.07) is 24.8. The van der Waals surface area contributed by atoms with E-state index in [4.69, 9.17) is 9.47 Å². The summed E-state index contributed by atoms with van der Waals surface area (Å²) in [4.78, 5) is 17.5. The number of rotatable bonds is 7. The largest absolute Gasteiger partial charge is 0.489 e. The van der Waals surface area contributed by atoms with E-state index in [2.05, 4.69) is 31.3 Å². The number of carbonyl (C=O) groups is 1. The van der Waals surface area contributed by atoms with Crippen molar-refractivity contribution in [3.8, 4) is 5.75 Å². The van der Waals surface area contributed by atoms with Gasteiger partial charge in [0.2, 0.25) is 5.95 Å². The maximum Gasteiger partial charge on any atom is 0.338 e. The number of halogens is 1. The number of esters is 1. The lowest BCUT2D eigenvalue weighted by Crippen LogP contribution is -2.29. The third-order valence-electron chi connectivity index (χ3n) is 5.72. The van der Waals surface area contributed by atoms with E-state index >= 15 is 0 Å². The summed E-state index contributed by atoms with van der Waals surface area (Å²) in [7, 11) is 0. The fourth-order valence-electron chi connectivity index (χ4n) is 4.00. The Morgan fingerprint density at radius 3 is 2.54 bits per heavy atom. The van der Waals surface area contributed by atoms with E-state index in [0.717, 1.165) is 26.9 Å². The van der Waals surface area contributed by atoms with Gasteiger partial charge in [-0.25, -0.2) is 9.48 Å². The minimum Gasteiger partial charge on any atom is -0.489 e. The molecule has 7 nitrogen and oxygen atoms in total. The molecular formula is C27H23BrN4O3. The van der Waals surface area contributed by atoms with Gasteiger partial charge in [-0.3, -0.25) is 0 Å². The molecule has 1 N–H and O–H groups in total. The highest BCUT2D eigenvalue weighted by molar-refractivity contribution is 9.10. The SMILES string of the molecule is CC1=C(C(=O)OCc2ccccc2)C(c2ccc(OCc3cccc(Br)c3)cc2)n2ncnc2N1. The highest BCUT2D eigenvalue weighted by Gasteiger charge is 2.34. The summed E-state index contributed by atoms with van der Waals surface area (Å²) in [5.74, 6) is 0.900. The lowest BCUT2D eigenvalue weighted by atomic mass is 9.95. The van der Waals surface area contributed by atoms with Crippen LogP contribution in [0.4, 0.5) is 5.95 Å². The number of fused-ring (bicyclic) bond motifs is 1. The van der Waals surface area contributed by atoms with E-state index in [0.29, 0.717) is 23.8 Å². The molecule has 0 saturated carbocycles. The first-order valence-electron chi connectivity index (χ1n) is 11.1. The molecule has 4 aromatic rings. The topological polar surface area (TPSA) is 78.3 Å². The van der Waals surface area contributed by atoms with E-state index in [9.17, 15) is 4.79 Å². The first-order chi connectivity index (χ1) is 17.1. The van der Waals surface area contributed by atoms with E-state index in [1.165, 1.54) is 6.33 Å². The van der Waals surface area contributed by atoms with Gasteiger partial charge in [-0.05, 0) is 47.9 Å². The van der Waals surface area contributed by atoms with Gasteiger partial charge in [0.1, 0.15) is 31.3 Å². The monoisotopic (exact) mass is 530 g/mol. The summed E-state index contributed by atoms with van der Waals surface area (Å²) in [5, 5.41) is 7.53. The molecule has 0 fully saturated rings. The maximum atomic E-state index is 13.2. The average Bonchev–Trinajstić information content (AvgIpc) is 3.34. The van der Waals surface area contributed by atoms with Crippen LogP contribution in [0.1, 0.15) is 29.7 Å². The van der Waals surface area contributed by atoms with Gasteiger partial charge in [0.05, 0.1) is 5.57 Å². The fourth-order valence-corrected chi connectivity index (χ4v) is 4.45. The standard InChI is InChI=1S/C27H23BrN4O3/c1-18-24(26(33)35-15-19-6-3-2-4-7-19)25(32-27(31-18)29-17-30-32)21-10-12-23(13-11-21)34-16-20-8-5-9-22(28)14-20/h2-14,17,25H,15-16H2,1H3,(H,29,30,31). The quantitative estimate of drug-likeness (QED) is 0.311. The molecule has 2 heterocycles. The minimum absolute atomic E-state index is 0.190. The molecule has 5 rings (SSSR count). The van der Waals surface area contributed by atoms with Crippen LogP contribution in [0.2, 0.25) is 0 Å². The Morgan fingerprint density at radius 1 is 1.00 bits per heavy atom. The second-order valence-electron chi connectivity index (χ2n) is 8.14. The smallest absolute Gasteiger partial charge is 0.338 e. The summed E-state index contributed by atoms with van der Waals surface area (Å²) in [5.41, 5.74) is 4.04. The third kappa shape index (κ3) is 5.12. The van der Waals surface area contributed by atoms with E-state index in [1.54, 1.807) is 4.68 Å². The molecule has 8 heteroatoms. The van der Waals surface area contributed by atoms with Gasteiger partial charge in [0.25, 0.3) is 0 Å². The highest BCUT2D eigenvalue weighted by Crippen LogP contribution is 2.36. The Balaban J connectivity index is 1.37. The predicted octanol–water partition coefficient (Wildman–Crippen LogP) is 5.65. The molecular weight excluding hydrogens is 508 g/mol. The Bertz CT molecular complexity index is 1370. The Kier molecular flexibility index (Phi) is 6.63. The number of aromatic nitrogens is 3. The van der Waals surface area contributed by atoms with E-state index in [-0.39, 0.29) is 6.61 Å². The number of nitrogens with one attached hydrogen (secondary N) is 1. The Labute approximate surface area is 211 Å². The second kappa shape index (κ2) is 10.1. The summed E-state index contributed by atoms with van der Waals surface area (Å²) in [6.45, 7) is 2.49. The molecule has 1 aliphatic heterocycles. The van der Waals surface area contributed by atoms with Crippen molar-refractivity contribution in [3.05, 3.63) is 118 Å². The van der Waals surface area contributed by atoms with Gasteiger partial charge in [0, 0.05) is 10.2 Å². The Morgan fingerprint density at radius 2 is 1.77 bits per heavy atom. The zero-order valence-corrected chi connectivity index (χ0v) is 20.6. The van der Waals surface area contributed by atoms with Crippen LogP contribution in [0.3, 0.4) is 0 Å². The zero-order valence-electron chi connectivity index (χ0n) is 19.0. The Hall–Kier alpha value is -3.91. The first-order valence-corrected chi connectivity index (χ1v) is 11.9. The van der Waals surface area contributed by atoms with Crippen LogP contribution in [0.25, 0.3) is 0 Å². The molecule has 1 atom stereocenters. The van der Waals surface area contributed by atoms with Gasteiger partial charge in [-0.2, -0.15) is 10.1 Å². The van der Waals surface area contributed by atoms with Crippen molar-refractivity contribution in [2.75, 3.05) is 5.32 Å². The highest BCUT2D eigenvalue weighted by atomic mass is 79.9. The molecule has 0 saturated heterocycles. The van der Waals surface area contributed by atoms with Crippen LogP contribution in [0.5, 0.6) is 5.75 Å². The molecule has 0 aliphatic carbocycles. The molecule has 0 bridgehead atoms. The van der Waals surface area contributed by atoms with E-state index in [1.807, 2.05) is 85.8 Å². The molecule has 0 spiro atoms. The molecule has 0 amide bonds. The number of carbonyl (C=O) groups excluding carboxylic acids is 1. The summed E-state index contributed by atoms with van der Waals surface area (Å²) >= 11 is 3.48. The maximum absolute atomic E-state index is 13.2. The van der Waals surface area contributed by atoms with Crippen molar-refractivity contribution in [2.24, 2.45) is 0 Å². The number of hydrogen-bond acceptors (Lipinski definition) is 6. The van der Waals surface area contributed by atoms with Gasteiger partial charge >= 0.3 is 5.97 Å². The molecule has 1 aromatic heterocycles. The number of benzene rings is 3. The van der Waals surface area contributed by atoms with Crippen molar-refractivity contribution in [1.82, 2.24) is 14.8 Å². The molecule has 35 heavy (non-hydrogen) atoms. The van der Waals surface area contributed by atoms with Crippen LogP contribution in [0, 0.1) is 0 Å². The lowest BCUT2D eigenvalue weighted by Gasteiger charge is -2.28. The fraction of sp³-hybridized carbons (Fsp3) is 0.148. The molecule has 1 aliphatic rings. The normalized spacial score (nSPS) is 14.7. The number of hydrogen-bond donors (Lipinski definition) is 1. The lowest BCUT2D eigenvalue weighted by molar-refractivity contribution is -0.140. The van der Waals surface area contributed by atoms with Crippen molar-refractivity contribution in [1.29, 1.82) is 0 Å². The second-order valence-corrected chi connectivity index (χ2v) is 9.06. The number of nitrogens with zero attached hydrogens (tertiary/aromatic N) is 3. The molecule has 0 radical (unpaired) electrons. The minimum atomic E-state index is -0.476. The van der Waals surface area contributed by atoms with Crippen molar-refractivity contribution in [3.63, 3.8) is 0 Å². The molecule has 3 aromatic carbocycles. The van der Waals surface area contributed by atoms with Crippen LogP contribution in [-0.4, -0.2) is 20.7 Å². The van der Waals surface area contributed by atoms with Crippen LogP contribution < -0.4 is 10.1 Å². The van der Waals surface area contributed by atoms with Gasteiger partial charge in [-0.1, -0.05) is 70.5 Å². The van der Waals surface area contributed by atoms with Gasteiger partial charge < -0.3 is 14.8 Å². The average molecular weight is 531 g/mol. The molecule has 176 valence electrons.